The highest BCUT2D eigenvalue weighted by Crippen LogP contribution is 2.28. The fourth-order valence-corrected chi connectivity index (χ4v) is 2.34. The maximum Gasteiger partial charge on any atom is 0.0974 e. The van der Waals surface area contributed by atoms with Crippen LogP contribution in [0.3, 0.4) is 0 Å². The van der Waals surface area contributed by atoms with Gasteiger partial charge in [-0.15, -0.1) is 0 Å². The van der Waals surface area contributed by atoms with Crippen molar-refractivity contribution in [2.45, 2.75) is 19.1 Å². The molecular weight excluding hydrogens is 200 g/mol. The molecule has 2 atom stereocenters. The average Bonchev–Trinajstić information content (AvgIpc) is 2.72. The average molecular weight is 216 g/mol. The number of hydrogen-bond acceptors (Lipinski definition) is 2. The summed E-state index contributed by atoms with van der Waals surface area (Å²) in [6, 6.07) is 8.35. The Balaban J connectivity index is 1.99. The summed E-state index contributed by atoms with van der Waals surface area (Å²) in [4.78, 5) is 3.29. The zero-order chi connectivity index (χ0) is 11.0. The molecule has 2 heterocycles. The van der Waals surface area contributed by atoms with E-state index in [2.05, 4.69) is 41.6 Å². The number of para-hydroxylation sites is 1. The molecule has 0 bridgehead atoms. The zero-order valence-electron chi connectivity index (χ0n) is 9.36. The Morgan fingerprint density at radius 3 is 3.00 bits per heavy atom. The molecule has 1 fully saturated rings. The number of aromatic nitrogens is 1. The number of rotatable bonds is 1. The van der Waals surface area contributed by atoms with Crippen molar-refractivity contribution >= 4 is 10.9 Å². The summed E-state index contributed by atoms with van der Waals surface area (Å²) < 4.78 is 5.96. The van der Waals surface area contributed by atoms with Gasteiger partial charge in [0.05, 0.1) is 12.2 Å². The first kappa shape index (κ1) is 9.87. The third kappa shape index (κ3) is 1.62. The van der Waals surface area contributed by atoms with E-state index in [1.54, 1.807) is 0 Å². The van der Waals surface area contributed by atoms with Gasteiger partial charge in [-0.25, -0.2) is 0 Å². The third-order valence-electron chi connectivity index (χ3n) is 3.13. The zero-order valence-corrected chi connectivity index (χ0v) is 9.36. The van der Waals surface area contributed by atoms with Crippen molar-refractivity contribution in [1.29, 1.82) is 0 Å². The number of fused-ring (bicyclic) bond motifs is 1. The van der Waals surface area contributed by atoms with Crippen LogP contribution >= 0.6 is 0 Å². The van der Waals surface area contributed by atoms with E-state index in [0.29, 0.717) is 0 Å². The van der Waals surface area contributed by atoms with Crippen molar-refractivity contribution in [2.75, 3.05) is 13.1 Å². The van der Waals surface area contributed by atoms with E-state index >= 15 is 0 Å². The van der Waals surface area contributed by atoms with Gasteiger partial charge in [0.15, 0.2) is 0 Å². The number of nitrogens with one attached hydrogen (secondary N) is 2. The van der Waals surface area contributed by atoms with Gasteiger partial charge in [0.25, 0.3) is 0 Å². The van der Waals surface area contributed by atoms with Gasteiger partial charge in [-0.2, -0.15) is 0 Å². The first-order chi connectivity index (χ1) is 7.84. The molecule has 16 heavy (non-hydrogen) atoms. The summed E-state index contributed by atoms with van der Waals surface area (Å²) in [7, 11) is 0. The summed E-state index contributed by atoms with van der Waals surface area (Å²) in [6.07, 6.45) is 2.52. The van der Waals surface area contributed by atoms with Gasteiger partial charge in [-0.05, 0) is 13.0 Å². The van der Waals surface area contributed by atoms with E-state index in [1.165, 1.54) is 16.5 Å². The monoisotopic (exact) mass is 216 g/mol. The molecule has 0 aliphatic carbocycles. The van der Waals surface area contributed by atoms with Gasteiger partial charge in [-0.3, -0.25) is 0 Å². The topological polar surface area (TPSA) is 37.0 Å². The normalized spacial score (nSPS) is 26.1. The molecule has 0 radical (unpaired) electrons. The number of morpholine rings is 1. The fourth-order valence-electron chi connectivity index (χ4n) is 2.34. The number of ether oxygens (including phenoxy) is 1. The molecule has 3 rings (SSSR count). The van der Waals surface area contributed by atoms with Crippen LogP contribution in [0.25, 0.3) is 10.9 Å². The lowest BCUT2D eigenvalue weighted by molar-refractivity contribution is -0.0279. The van der Waals surface area contributed by atoms with Gasteiger partial charge >= 0.3 is 0 Å². The lowest BCUT2D eigenvalue weighted by Crippen LogP contribution is -2.38. The summed E-state index contributed by atoms with van der Waals surface area (Å²) >= 11 is 0. The summed E-state index contributed by atoms with van der Waals surface area (Å²) in [5, 5.41) is 4.67. The van der Waals surface area contributed by atoms with Crippen LogP contribution in [0.15, 0.2) is 30.5 Å². The van der Waals surface area contributed by atoms with Gasteiger partial charge in [-0.1, -0.05) is 18.2 Å². The third-order valence-corrected chi connectivity index (χ3v) is 3.13. The molecule has 0 spiro atoms. The SMILES string of the molecule is CC1CNCC(c2c[nH]c3ccccc23)O1. The maximum absolute atomic E-state index is 5.96. The van der Waals surface area contributed by atoms with E-state index in [9.17, 15) is 0 Å². The largest absolute Gasteiger partial charge is 0.368 e. The molecule has 84 valence electrons. The molecule has 1 aromatic heterocycles. The van der Waals surface area contributed by atoms with Crippen LogP contribution in [0.2, 0.25) is 0 Å². The van der Waals surface area contributed by atoms with Crippen LogP contribution in [0.5, 0.6) is 0 Å². The minimum Gasteiger partial charge on any atom is -0.368 e. The Labute approximate surface area is 94.8 Å². The second-order valence-electron chi connectivity index (χ2n) is 4.38. The highest BCUT2D eigenvalue weighted by molar-refractivity contribution is 5.83. The van der Waals surface area contributed by atoms with Crippen molar-refractivity contribution in [3.05, 3.63) is 36.0 Å². The van der Waals surface area contributed by atoms with Crippen LogP contribution in [-0.4, -0.2) is 24.2 Å². The first-order valence-corrected chi connectivity index (χ1v) is 5.77. The Hall–Kier alpha value is -1.32. The Bertz CT molecular complexity index is 491. The van der Waals surface area contributed by atoms with Crippen molar-refractivity contribution in [1.82, 2.24) is 10.3 Å². The highest BCUT2D eigenvalue weighted by Gasteiger charge is 2.22. The predicted octanol–water partition coefficient (Wildman–Crippen LogP) is 2.22. The van der Waals surface area contributed by atoms with Crippen LogP contribution in [0.1, 0.15) is 18.6 Å². The van der Waals surface area contributed by atoms with Crippen LogP contribution in [0, 0.1) is 0 Å². The van der Waals surface area contributed by atoms with Crippen LogP contribution < -0.4 is 5.32 Å². The Morgan fingerprint density at radius 1 is 1.25 bits per heavy atom. The van der Waals surface area contributed by atoms with Crippen LogP contribution in [-0.2, 0) is 4.74 Å². The fraction of sp³-hybridized carbons (Fsp3) is 0.385. The van der Waals surface area contributed by atoms with Gasteiger partial charge in [0.1, 0.15) is 0 Å². The van der Waals surface area contributed by atoms with Gasteiger partial charge in [0.2, 0.25) is 0 Å². The smallest absolute Gasteiger partial charge is 0.0974 e. The van der Waals surface area contributed by atoms with E-state index in [4.69, 9.17) is 4.74 Å². The number of aromatic amines is 1. The molecule has 1 aliphatic rings. The molecular formula is C13H16N2O. The first-order valence-electron chi connectivity index (χ1n) is 5.77. The number of benzene rings is 1. The summed E-state index contributed by atoms with van der Waals surface area (Å²) in [6.45, 7) is 3.94. The second kappa shape index (κ2) is 3.92. The molecule has 2 unspecified atom stereocenters. The number of hydrogen-bond donors (Lipinski definition) is 2. The van der Waals surface area contributed by atoms with E-state index in [-0.39, 0.29) is 12.2 Å². The quantitative estimate of drug-likeness (QED) is 0.767. The molecule has 3 heteroatoms. The highest BCUT2D eigenvalue weighted by atomic mass is 16.5. The number of H-pyrrole nitrogens is 1. The lowest BCUT2D eigenvalue weighted by Gasteiger charge is -2.28. The second-order valence-corrected chi connectivity index (χ2v) is 4.38. The van der Waals surface area contributed by atoms with Crippen molar-refractivity contribution in [3.63, 3.8) is 0 Å². The molecule has 1 saturated heterocycles. The Kier molecular flexibility index (Phi) is 2.42. The van der Waals surface area contributed by atoms with Gasteiger partial charge in [0, 0.05) is 35.8 Å². The van der Waals surface area contributed by atoms with E-state index in [1.807, 2.05) is 6.07 Å². The summed E-state index contributed by atoms with van der Waals surface area (Å²) in [5.74, 6) is 0. The van der Waals surface area contributed by atoms with Crippen molar-refractivity contribution < 1.29 is 4.74 Å². The minimum absolute atomic E-state index is 0.167. The summed E-state index contributed by atoms with van der Waals surface area (Å²) in [5.41, 5.74) is 2.44. The molecule has 1 aliphatic heterocycles. The minimum atomic E-state index is 0.167. The molecule has 2 N–H and O–H groups in total. The molecule has 3 nitrogen and oxygen atoms in total. The lowest BCUT2D eigenvalue weighted by atomic mass is 10.1. The maximum atomic E-state index is 5.96. The van der Waals surface area contributed by atoms with Gasteiger partial charge < -0.3 is 15.0 Å². The molecule has 1 aromatic carbocycles. The van der Waals surface area contributed by atoms with Crippen molar-refractivity contribution in [2.24, 2.45) is 0 Å². The van der Waals surface area contributed by atoms with E-state index in [0.717, 1.165) is 13.1 Å². The molecule has 0 amide bonds. The Morgan fingerprint density at radius 2 is 2.12 bits per heavy atom. The standard InChI is InChI=1S/C13H16N2O/c1-9-6-14-8-13(16-9)11-7-15-12-5-3-2-4-10(11)12/h2-5,7,9,13-15H,6,8H2,1H3. The van der Waals surface area contributed by atoms with Crippen LogP contribution in [0.4, 0.5) is 0 Å². The molecule has 0 saturated carbocycles. The van der Waals surface area contributed by atoms with E-state index < -0.39 is 0 Å². The van der Waals surface area contributed by atoms with Crippen molar-refractivity contribution in [3.8, 4) is 0 Å². The molecule has 2 aromatic rings. The predicted molar refractivity (Wildman–Crippen MR) is 64.5 cm³/mol.